The Morgan fingerprint density at radius 2 is 2.05 bits per heavy atom. The van der Waals surface area contributed by atoms with E-state index in [9.17, 15) is 22.8 Å². The Bertz CT molecular complexity index is 517. The SMILES string of the molecule is Cc1cnc(CNC(=O)NC(C)(C(=O)O)C(F)(F)F)s1. The van der Waals surface area contributed by atoms with Crippen LogP contribution in [0.2, 0.25) is 0 Å². The van der Waals surface area contributed by atoms with Gasteiger partial charge in [0.25, 0.3) is 0 Å². The van der Waals surface area contributed by atoms with Crippen LogP contribution < -0.4 is 10.6 Å². The minimum Gasteiger partial charge on any atom is -0.479 e. The van der Waals surface area contributed by atoms with Crippen molar-refractivity contribution in [3.63, 3.8) is 0 Å². The van der Waals surface area contributed by atoms with Crippen molar-refractivity contribution in [1.82, 2.24) is 15.6 Å². The molecule has 0 aliphatic heterocycles. The van der Waals surface area contributed by atoms with Crippen molar-refractivity contribution in [2.75, 3.05) is 0 Å². The molecule has 0 aliphatic rings. The van der Waals surface area contributed by atoms with E-state index in [1.165, 1.54) is 16.7 Å². The van der Waals surface area contributed by atoms with Crippen LogP contribution in [0.25, 0.3) is 0 Å². The number of alkyl halides is 3. The van der Waals surface area contributed by atoms with Gasteiger partial charge in [0.15, 0.2) is 0 Å². The lowest BCUT2D eigenvalue weighted by Gasteiger charge is -2.28. The number of carboxylic acid groups (broad SMARTS) is 1. The quantitative estimate of drug-likeness (QED) is 0.788. The van der Waals surface area contributed by atoms with E-state index in [1.54, 1.807) is 13.1 Å². The summed E-state index contributed by atoms with van der Waals surface area (Å²) >= 11 is 1.27. The molecule has 0 spiro atoms. The highest BCUT2D eigenvalue weighted by Gasteiger charge is 2.58. The maximum atomic E-state index is 12.6. The third kappa shape index (κ3) is 3.59. The fraction of sp³-hybridized carbons (Fsp3) is 0.500. The Morgan fingerprint density at radius 3 is 2.45 bits per heavy atom. The van der Waals surface area contributed by atoms with E-state index in [0.29, 0.717) is 11.9 Å². The summed E-state index contributed by atoms with van der Waals surface area (Å²) in [7, 11) is 0. The summed E-state index contributed by atoms with van der Waals surface area (Å²) in [6.45, 7) is 2.08. The number of hydrogen-bond donors (Lipinski definition) is 3. The van der Waals surface area contributed by atoms with Gasteiger partial charge in [-0.3, -0.25) is 0 Å². The first kappa shape index (κ1) is 16.2. The van der Waals surface area contributed by atoms with E-state index in [0.717, 1.165) is 4.88 Å². The van der Waals surface area contributed by atoms with Crippen LogP contribution in [0.3, 0.4) is 0 Å². The zero-order chi connectivity index (χ0) is 15.6. The second-order valence-electron chi connectivity index (χ2n) is 4.10. The largest absolute Gasteiger partial charge is 0.479 e. The number of thiazole rings is 1. The third-order valence-corrected chi connectivity index (χ3v) is 3.34. The van der Waals surface area contributed by atoms with Gasteiger partial charge in [-0.1, -0.05) is 0 Å². The molecular weight excluding hydrogens is 299 g/mol. The maximum Gasteiger partial charge on any atom is 0.422 e. The van der Waals surface area contributed by atoms with Crippen LogP contribution in [0.5, 0.6) is 0 Å². The summed E-state index contributed by atoms with van der Waals surface area (Å²) in [5.41, 5.74) is -3.35. The molecule has 112 valence electrons. The highest BCUT2D eigenvalue weighted by atomic mass is 32.1. The molecule has 0 aliphatic carbocycles. The van der Waals surface area contributed by atoms with E-state index in [4.69, 9.17) is 5.11 Å². The molecule has 0 saturated heterocycles. The molecule has 0 radical (unpaired) electrons. The Balaban J connectivity index is 2.66. The molecule has 0 saturated carbocycles. The van der Waals surface area contributed by atoms with Crippen LogP contribution in [0.15, 0.2) is 6.20 Å². The highest BCUT2D eigenvalue weighted by molar-refractivity contribution is 7.11. The number of nitrogens with zero attached hydrogens (tertiary/aromatic N) is 1. The molecule has 2 amide bonds. The molecule has 1 heterocycles. The fourth-order valence-corrected chi connectivity index (χ4v) is 1.88. The number of halogens is 3. The summed E-state index contributed by atoms with van der Waals surface area (Å²) in [6, 6.07) is -1.24. The normalized spacial score (nSPS) is 14.4. The van der Waals surface area contributed by atoms with Gasteiger partial charge in [0.2, 0.25) is 5.54 Å². The van der Waals surface area contributed by atoms with Gasteiger partial charge < -0.3 is 15.7 Å². The molecule has 0 bridgehead atoms. The number of nitrogens with one attached hydrogen (secondary N) is 2. The first-order chi connectivity index (χ1) is 9.06. The maximum absolute atomic E-state index is 12.6. The van der Waals surface area contributed by atoms with Crippen LogP contribution in [0.1, 0.15) is 16.8 Å². The number of carbonyl (C=O) groups is 2. The van der Waals surface area contributed by atoms with Gasteiger partial charge in [-0.05, 0) is 13.8 Å². The van der Waals surface area contributed by atoms with Crippen LogP contribution in [0.4, 0.5) is 18.0 Å². The van der Waals surface area contributed by atoms with Gasteiger partial charge in [-0.15, -0.1) is 11.3 Å². The van der Waals surface area contributed by atoms with E-state index < -0.39 is 23.7 Å². The van der Waals surface area contributed by atoms with Crippen LogP contribution in [-0.2, 0) is 11.3 Å². The molecule has 0 fully saturated rings. The Kier molecular flexibility index (Phi) is 4.58. The third-order valence-electron chi connectivity index (χ3n) is 2.43. The number of aromatic nitrogens is 1. The molecule has 20 heavy (non-hydrogen) atoms. The number of aryl methyl sites for hydroxylation is 1. The molecule has 6 nitrogen and oxygen atoms in total. The van der Waals surface area contributed by atoms with Crippen LogP contribution >= 0.6 is 11.3 Å². The highest BCUT2D eigenvalue weighted by Crippen LogP contribution is 2.30. The number of amides is 2. The number of carboxylic acids is 1. The average molecular weight is 311 g/mol. The van der Waals surface area contributed by atoms with Crippen molar-refractivity contribution < 1.29 is 27.9 Å². The predicted molar refractivity (Wildman–Crippen MR) is 64.3 cm³/mol. The molecule has 3 N–H and O–H groups in total. The Hall–Kier alpha value is -1.84. The second kappa shape index (κ2) is 5.65. The van der Waals surface area contributed by atoms with Crippen molar-refractivity contribution in [1.29, 1.82) is 0 Å². The number of hydrogen-bond acceptors (Lipinski definition) is 4. The molecule has 1 rings (SSSR count). The zero-order valence-corrected chi connectivity index (χ0v) is 11.4. The molecule has 0 aromatic carbocycles. The lowest BCUT2D eigenvalue weighted by Crippen LogP contribution is -2.63. The molecule has 1 unspecified atom stereocenters. The van der Waals surface area contributed by atoms with Gasteiger partial charge in [-0.2, -0.15) is 13.2 Å². The van der Waals surface area contributed by atoms with Crippen molar-refractivity contribution in [3.05, 3.63) is 16.1 Å². The predicted octanol–water partition coefficient (Wildman–Crippen LogP) is 1.66. The first-order valence-electron chi connectivity index (χ1n) is 5.33. The standard InChI is InChI=1S/C10H12F3N3O3S/c1-5-3-14-6(20-5)4-15-8(19)16-9(2,7(17)18)10(11,12)13/h3H,4H2,1-2H3,(H,17,18)(H2,15,16,19). The van der Waals surface area contributed by atoms with E-state index in [-0.39, 0.29) is 6.54 Å². The summed E-state index contributed by atoms with van der Waals surface area (Å²) in [6.07, 6.45) is -3.56. The second-order valence-corrected chi connectivity index (χ2v) is 5.42. The van der Waals surface area contributed by atoms with Crippen LogP contribution in [-0.4, -0.2) is 33.8 Å². The number of urea groups is 1. The number of carbonyl (C=O) groups excluding carboxylic acids is 1. The summed E-state index contributed by atoms with van der Waals surface area (Å²) < 4.78 is 37.9. The van der Waals surface area contributed by atoms with Crippen molar-refractivity contribution in [2.45, 2.75) is 32.1 Å². The van der Waals surface area contributed by atoms with E-state index in [1.807, 2.05) is 0 Å². The Labute approximate surface area is 116 Å². The molecule has 1 aromatic heterocycles. The molecule has 1 aromatic rings. The number of aliphatic carboxylic acids is 1. The van der Waals surface area contributed by atoms with Gasteiger partial charge >= 0.3 is 18.2 Å². The monoisotopic (exact) mass is 311 g/mol. The molecular formula is C10H12F3N3O3S. The first-order valence-corrected chi connectivity index (χ1v) is 6.15. The van der Waals surface area contributed by atoms with E-state index in [2.05, 4.69) is 10.3 Å². The minimum absolute atomic E-state index is 0.0854. The van der Waals surface area contributed by atoms with Gasteiger partial charge in [0.1, 0.15) is 5.01 Å². The summed E-state index contributed by atoms with van der Waals surface area (Å²) in [5.74, 6) is -2.19. The summed E-state index contributed by atoms with van der Waals surface area (Å²) in [5, 5.41) is 12.7. The molecule has 1 atom stereocenters. The fourth-order valence-electron chi connectivity index (χ4n) is 1.16. The van der Waals surface area contributed by atoms with Gasteiger partial charge in [0, 0.05) is 11.1 Å². The summed E-state index contributed by atoms with van der Waals surface area (Å²) in [4.78, 5) is 26.9. The topological polar surface area (TPSA) is 91.3 Å². The molecule has 10 heteroatoms. The van der Waals surface area contributed by atoms with Crippen molar-refractivity contribution in [3.8, 4) is 0 Å². The van der Waals surface area contributed by atoms with Crippen molar-refractivity contribution in [2.24, 2.45) is 0 Å². The van der Waals surface area contributed by atoms with Gasteiger partial charge in [-0.25, -0.2) is 14.6 Å². The minimum atomic E-state index is -5.12. The van der Waals surface area contributed by atoms with Gasteiger partial charge in [0.05, 0.1) is 6.54 Å². The lowest BCUT2D eigenvalue weighted by atomic mass is 10.0. The lowest BCUT2D eigenvalue weighted by molar-refractivity contribution is -0.203. The zero-order valence-electron chi connectivity index (χ0n) is 10.5. The Morgan fingerprint density at radius 1 is 1.45 bits per heavy atom. The average Bonchev–Trinajstić information content (AvgIpc) is 2.70. The number of rotatable bonds is 4. The smallest absolute Gasteiger partial charge is 0.422 e. The van der Waals surface area contributed by atoms with Crippen molar-refractivity contribution >= 4 is 23.3 Å². The van der Waals surface area contributed by atoms with Crippen LogP contribution in [0, 0.1) is 6.92 Å². The van der Waals surface area contributed by atoms with E-state index >= 15 is 0 Å².